The van der Waals surface area contributed by atoms with Gasteiger partial charge in [-0.05, 0) is 91.8 Å². The summed E-state index contributed by atoms with van der Waals surface area (Å²) in [4.78, 5) is 46.7. The van der Waals surface area contributed by atoms with Gasteiger partial charge in [0, 0.05) is 60.8 Å². The molecule has 4 aromatic rings. The number of aliphatic imine (C=N–C) groups is 1. The number of amides is 1. The molecule has 0 radical (unpaired) electrons. The number of phenolic OH excluding ortho intramolecular Hbond substituents is 2. The first-order chi connectivity index (χ1) is 32.2. The van der Waals surface area contributed by atoms with E-state index < -0.39 is 60.7 Å². The van der Waals surface area contributed by atoms with Crippen molar-refractivity contribution in [2.24, 2.45) is 22.2 Å². The van der Waals surface area contributed by atoms with E-state index in [1.807, 2.05) is 12.3 Å². The van der Waals surface area contributed by atoms with Gasteiger partial charge in [0.15, 0.2) is 16.8 Å². The summed E-state index contributed by atoms with van der Waals surface area (Å²) in [6, 6.07) is 10.2. The van der Waals surface area contributed by atoms with Gasteiger partial charge < -0.3 is 55.1 Å². The molecule has 2 spiro atoms. The van der Waals surface area contributed by atoms with Crippen LogP contribution < -0.4 is 20.4 Å². The number of nitrogens with zero attached hydrogens (tertiary/aromatic N) is 2. The first-order valence-electron chi connectivity index (χ1n) is 23.3. The molecule has 8 N–H and O–H groups in total. The molecule has 10 rings (SSSR count). The van der Waals surface area contributed by atoms with Crippen LogP contribution in [-0.2, 0) is 27.4 Å². The molecule has 1 saturated heterocycles. The molecule has 9 atom stereocenters. The van der Waals surface area contributed by atoms with Gasteiger partial charge >= 0.3 is 0 Å². The van der Waals surface area contributed by atoms with E-state index >= 15 is 0 Å². The Bertz CT molecular complexity index is 2810. The summed E-state index contributed by atoms with van der Waals surface area (Å²) in [6.45, 7) is 2.62. The van der Waals surface area contributed by atoms with Crippen molar-refractivity contribution in [1.82, 2.24) is 5.32 Å². The monoisotopic (exact) mass is 919 g/mol. The quantitative estimate of drug-likeness (QED) is 0.0526. The Morgan fingerprint density at radius 3 is 2.63 bits per heavy atom. The minimum atomic E-state index is -2.42. The molecule has 4 aliphatic heterocycles. The number of fused-ring (bicyclic) bond motifs is 4. The van der Waals surface area contributed by atoms with E-state index in [9.17, 15) is 45.3 Å². The molecule has 354 valence electrons. The number of aromatic hydroxyl groups is 2. The summed E-state index contributed by atoms with van der Waals surface area (Å²) in [5.74, 6) is 0.624. The number of rotatable bonds is 13. The summed E-state index contributed by atoms with van der Waals surface area (Å²) in [6.07, 6.45) is 7.68. The van der Waals surface area contributed by atoms with Crippen LogP contribution in [0.25, 0.3) is 21.7 Å². The summed E-state index contributed by atoms with van der Waals surface area (Å²) in [7, 11) is 0. The highest BCUT2D eigenvalue weighted by molar-refractivity contribution is 5.97. The van der Waals surface area contributed by atoms with E-state index in [-0.39, 0.29) is 47.1 Å². The van der Waals surface area contributed by atoms with Crippen molar-refractivity contribution in [3.63, 3.8) is 0 Å². The lowest BCUT2D eigenvalue weighted by Gasteiger charge is -2.49. The summed E-state index contributed by atoms with van der Waals surface area (Å²) < 4.78 is 13.9. The molecule has 6 aliphatic rings. The number of aliphatic hydroxyl groups is 5. The molecule has 67 heavy (non-hydrogen) atoms. The number of carbonyl (C=O) groups excluding carboxylic acids is 1. The van der Waals surface area contributed by atoms with E-state index in [1.54, 1.807) is 19.2 Å². The van der Waals surface area contributed by atoms with Crippen molar-refractivity contribution in [1.29, 1.82) is 0 Å². The Balaban J connectivity index is 1.06. The lowest BCUT2D eigenvalue weighted by Crippen LogP contribution is -2.58. The van der Waals surface area contributed by atoms with E-state index in [4.69, 9.17) is 18.9 Å². The van der Waals surface area contributed by atoms with Crippen LogP contribution in [-0.4, -0.2) is 109 Å². The number of hydrogen-bond donors (Lipinski definition) is 8. The normalized spacial score (nSPS) is 27.2. The largest absolute Gasteiger partial charge is 0.508 e. The minimum absolute atomic E-state index is 0.0320. The molecule has 3 aromatic carbocycles. The second-order valence-electron chi connectivity index (χ2n) is 19.4. The number of ether oxygens (including phenoxy) is 1. The van der Waals surface area contributed by atoms with Crippen LogP contribution in [0.1, 0.15) is 68.8 Å². The minimum Gasteiger partial charge on any atom is -0.508 e. The third kappa shape index (κ3) is 7.53. The number of aryl methyl sites for hydroxylation is 1. The van der Waals surface area contributed by atoms with Crippen LogP contribution in [0.4, 0.5) is 5.69 Å². The highest BCUT2D eigenvalue weighted by Gasteiger charge is 2.58. The lowest BCUT2D eigenvalue weighted by molar-refractivity contribution is -0.373. The highest BCUT2D eigenvalue weighted by atomic mass is 17.2. The fraction of sp³-hybridized carbons (Fsp3) is 0.471. The second-order valence-corrected chi connectivity index (χ2v) is 19.4. The van der Waals surface area contributed by atoms with Crippen LogP contribution in [0.15, 0.2) is 92.4 Å². The first-order valence-corrected chi connectivity index (χ1v) is 23.3. The molecule has 2 aliphatic carbocycles. The molecule has 1 saturated carbocycles. The van der Waals surface area contributed by atoms with E-state index in [0.29, 0.717) is 75.9 Å². The number of carbonyl (C=O) groups is 1. The van der Waals surface area contributed by atoms with Gasteiger partial charge in [0.2, 0.25) is 5.91 Å². The number of benzene rings is 3. The maximum Gasteiger partial charge on any atom is 0.226 e. The standard InChI is InChI=1S/C51H57N3O13/c1-3-38-33-12-16-52-37(33)24-54(38)43-45-30(18-35-40(58)17-27(2)65-46(35)43)19-42(51(66-45)15-6-7-29(22-51)36-23-53-48(62)49(36)13-4-5-14-49)67-64-26-50(63,47(61)44(60)41(59)25-55)21-28-8-11-39(57)32-10-9-31(56)20-34(28)32/h6-12,16-18,20,24,29,36,38,41-42,44,47,55-57,59-61,63H,3-5,13-15,19,21-23,25-26H2,1-2H3,(H,53,62)/t29-,36-,38?,41+,42+,44+,47-,50-,51+/m0/s1. The number of phenols is 2. The van der Waals surface area contributed by atoms with Crippen molar-refractivity contribution in [2.45, 2.75) is 113 Å². The summed E-state index contributed by atoms with van der Waals surface area (Å²) >= 11 is 0. The van der Waals surface area contributed by atoms with Gasteiger partial charge in [-0.25, -0.2) is 9.78 Å². The van der Waals surface area contributed by atoms with Gasteiger partial charge in [0.1, 0.15) is 65.2 Å². The third-order valence-corrected chi connectivity index (χ3v) is 15.4. The molecule has 5 heterocycles. The second kappa shape index (κ2) is 17.2. The topological polar surface area (TPSA) is 244 Å². The molecule has 0 bridgehead atoms. The Kier molecular flexibility index (Phi) is 11.6. The molecule has 1 amide bonds. The average Bonchev–Trinajstić information content (AvgIpc) is 4.12. The Morgan fingerprint density at radius 1 is 1.04 bits per heavy atom. The third-order valence-electron chi connectivity index (χ3n) is 15.4. The van der Waals surface area contributed by atoms with Crippen molar-refractivity contribution in [3.05, 3.63) is 105 Å². The first kappa shape index (κ1) is 45.2. The van der Waals surface area contributed by atoms with Gasteiger partial charge in [0.05, 0.1) is 29.1 Å². The van der Waals surface area contributed by atoms with Crippen LogP contribution >= 0.6 is 0 Å². The van der Waals surface area contributed by atoms with Crippen LogP contribution in [0.3, 0.4) is 0 Å². The molecule has 1 aromatic heterocycles. The molecular weight excluding hydrogens is 863 g/mol. The van der Waals surface area contributed by atoms with Gasteiger partial charge in [-0.15, -0.1) is 0 Å². The Hall–Kier alpha value is -5.59. The van der Waals surface area contributed by atoms with E-state index in [0.717, 1.165) is 37.0 Å². The smallest absolute Gasteiger partial charge is 0.226 e. The fourth-order valence-electron chi connectivity index (χ4n) is 11.9. The zero-order chi connectivity index (χ0) is 47.0. The highest BCUT2D eigenvalue weighted by Crippen LogP contribution is 2.56. The molecule has 16 heteroatoms. The lowest BCUT2D eigenvalue weighted by atomic mass is 9.64. The number of nitrogens with one attached hydrogen (secondary N) is 1. The van der Waals surface area contributed by atoms with E-state index in [2.05, 4.69) is 34.3 Å². The molecular formula is C51H57N3O13. The van der Waals surface area contributed by atoms with Crippen LogP contribution in [0, 0.1) is 24.2 Å². The Morgan fingerprint density at radius 2 is 1.85 bits per heavy atom. The van der Waals surface area contributed by atoms with Gasteiger partial charge in [-0.1, -0.05) is 38.0 Å². The predicted molar refractivity (Wildman–Crippen MR) is 247 cm³/mol. The molecule has 16 nitrogen and oxygen atoms in total. The molecule has 1 unspecified atom stereocenters. The molecule has 2 fully saturated rings. The van der Waals surface area contributed by atoms with Gasteiger partial charge in [-0.3, -0.25) is 14.6 Å². The van der Waals surface area contributed by atoms with Gasteiger partial charge in [0.25, 0.3) is 0 Å². The number of aliphatic hydroxyl groups excluding tert-OH is 4. The SMILES string of the molecule is CCC1C2=CC=NC2=CN1c1c2c(cc3c(=O)cc(C)oc13)C[C@@H](OOC[C@@](O)(Cc1ccc(O)c3ccc(O)cc13)[C@@H](O)[C@H](O)[C@H](O)CO)[C@]1(CC=C[C@H]([C@@H]3CNC(=O)C34CCCC4)C1)O2. The number of allylic oxidation sites excluding steroid dienone is 2. The summed E-state index contributed by atoms with van der Waals surface area (Å²) in [5, 5.41) is 80.5. The number of hydrogen-bond acceptors (Lipinski definition) is 15. The summed E-state index contributed by atoms with van der Waals surface area (Å²) in [5.41, 5.74) is -0.590. The van der Waals surface area contributed by atoms with Crippen molar-refractivity contribution < 1.29 is 59.5 Å². The van der Waals surface area contributed by atoms with Crippen molar-refractivity contribution >= 4 is 39.6 Å². The Labute approximate surface area is 386 Å². The van der Waals surface area contributed by atoms with E-state index in [1.165, 1.54) is 36.4 Å². The fourth-order valence-corrected chi connectivity index (χ4v) is 11.9. The predicted octanol–water partition coefficient (Wildman–Crippen LogP) is 4.43. The van der Waals surface area contributed by atoms with Gasteiger partial charge in [-0.2, -0.15) is 0 Å². The maximum atomic E-state index is 13.9. The average molecular weight is 920 g/mol. The zero-order valence-electron chi connectivity index (χ0n) is 37.4. The number of anilines is 1. The van der Waals surface area contributed by atoms with Crippen LogP contribution in [0.2, 0.25) is 0 Å². The van der Waals surface area contributed by atoms with Crippen molar-refractivity contribution in [2.75, 3.05) is 24.7 Å². The van der Waals surface area contributed by atoms with Crippen LogP contribution in [0.5, 0.6) is 17.2 Å². The zero-order valence-corrected chi connectivity index (χ0v) is 37.4. The van der Waals surface area contributed by atoms with Crippen molar-refractivity contribution in [3.8, 4) is 17.2 Å². The maximum absolute atomic E-state index is 13.9.